The van der Waals surface area contributed by atoms with Gasteiger partial charge in [-0.3, -0.25) is 18.9 Å². The maximum Gasteiger partial charge on any atom is 0.362 e. The zero-order valence-electron chi connectivity index (χ0n) is 15.0. The van der Waals surface area contributed by atoms with Crippen LogP contribution < -0.4 is 10.6 Å². The van der Waals surface area contributed by atoms with Crippen LogP contribution in [0.2, 0.25) is 0 Å². The molecule has 0 bridgehead atoms. The lowest BCUT2D eigenvalue weighted by Crippen LogP contribution is -2.73. The minimum atomic E-state index is -4.75. The molecule has 2 atom stereocenters. The molecule has 1 aromatic heterocycles. The predicted molar refractivity (Wildman–Crippen MR) is 108 cm³/mol. The van der Waals surface area contributed by atoms with E-state index in [1.807, 2.05) is 0 Å². The summed E-state index contributed by atoms with van der Waals surface area (Å²) in [7, 11) is -3.55. The number of thioether (sulfide) groups is 1. The summed E-state index contributed by atoms with van der Waals surface area (Å²) in [5, 5.41) is 9.97. The van der Waals surface area contributed by atoms with Crippen LogP contribution in [0.5, 0.6) is 0 Å². The third-order valence-electron chi connectivity index (χ3n) is 3.55. The molecule has 0 spiro atoms. The molecule has 1 aliphatic rings. The molecule has 12 nitrogen and oxygen atoms in total. The highest BCUT2D eigenvalue weighted by atomic mass is 35.5. The number of alkyl halides is 1. The predicted octanol–water partition coefficient (Wildman–Crippen LogP) is -0.468. The molecule has 16 heteroatoms. The van der Waals surface area contributed by atoms with Gasteiger partial charge in [-0.1, -0.05) is 5.16 Å². The third kappa shape index (κ3) is 5.36. The first-order valence-corrected chi connectivity index (χ1v) is 11.9. The van der Waals surface area contributed by atoms with Gasteiger partial charge < -0.3 is 15.5 Å². The average molecular weight is 486 g/mol. The van der Waals surface area contributed by atoms with E-state index in [1.165, 1.54) is 24.3 Å². The highest BCUT2D eigenvalue weighted by molar-refractivity contribution is 7.98. The Balaban J connectivity index is 2.19. The summed E-state index contributed by atoms with van der Waals surface area (Å²) in [6.07, 6.45) is 1.67. The van der Waals surface area contributed by atoms with Crippen molar-refractivity contribution in [2.75, 3.05) is 30.3 Å². The molecule has 29 heavy (non-hydrogen) atoms. The maximum atomic E-state index is 12.6. The Kier molecular flexibility index (Phi) is 7.81. The van der Waals surface area contributed by atoms with Crippen LogP contribution in [0.15, 0.2) is 10.5 Å². The molecule has 0 saturated carbocycles. The number of hydrogen-bond acceptors (Lipinski definition) is 10. The lowest BCUT2D eigenvalue weighted by atomic mass is 10.0. The molecule has 2 rings (SSSR count). The van der Waals surface area contributed by atoms with E-state index in [9.17, 15) is 27.4 Å². The minimum Gasteiger partial charge on any atom is -0.398 e. The largest absolute Gasteiger partial charge is 0.398 e. The van der Waals surface area contributed by atoms with Crippen molar-refractivity contribution < 1.29 is 32.2 Å². The monoisotopic (exact) mass is 485 g/mol. The number of aromatic nitrogens is 1. The van der Waals surface area contributed by atoms with Crippen molar-refractivity contribution in [2.24, 2.45) is 5.16 Å². The number of halogens is 1. The summed E-state index contributed by atoms with van der Waals surface area (Å²) >= 11 is 7.64. The lowest BCUT2D eigenvalue weighted by molar-refractivity contribution is -0.143. The number of thiazole rings is 1. The Morgan fingerprint density at radius 2 is 2.21 bits per heavy atom. The van der Waals surface area contributed by atoms with Crippen molar-refractivity contribution in [1.29, 1.82) is 0 Å². The highest BCUT2D eigenvalue weighted by Crippen LogP contribution is 2.26. The fourth-order valence-electron chi connectivity index (χ4n) is 2.39. The van der Waals surface area contributed by atoms with E-state index in [1.54, 1.807) is 6.26 Å². The first-order chi connectivity index (χ1) is 13.6. The minimum absolute atomic E-state index is 0.0547. The number of carbonyl (C=O) groups is 3. The molecule has 3 amide bonds. The Morgan fingerprint density at radius 1 is 1.52 bits per heavy atom. The van der Waals surface area contributed by atoms with E-state index in [2.05, 4.69) is 25.6 Å². The molecule has 0 aliphatic carbocycles. The maximum absolute atomic E-state index is 12.6. The fourth-order valence-corrected chi connectivity index (χ4v) is 4.83. The fraction of sp³-hybridized carbons (Fsp3) is 0.462. The summed E-state index contributed by atoms with van der Waals surface area (Å²) in [4.78, 5) is 44.8. The second-order valence-electron chi connectivity index (χ2n) is 5.43. The molecule has 3 N–H and O–H groups in total. The molecular formula is C13H16ClN5O7S3. The second kappa shape index (κ2) is 9.71. The van der Waals surface area contributed by atoms with Gasteiger partial charge in [-0.15, -0.1) is 22.9 Å². The molecule has 2 heterocycles. The van der Waals surface area contributed by atoms with Gasteiger partial charge in [0.2, 0.25) is 5.91 Å². The van der Waals surface area contributed by atoms with E-state index in [0.29, 0.717) is 4.31 Å². The van der Waals surface area contributed by atoms with E-state index in [0.717, 1.165) is 11.3 Å². The zero-order chi connectivity index (χ0) is 21.8. The first-order valence-electron chi connectivity index (χ1n) is 7.67. The molecule has 0 unspecified atom stereocenters. The second-order valence-corrected chi connectivity index (χ2v) is 8.75. The van der Waals surface area contributed by atoms with Gasteiger partial charge >= 0.3 is 10.3 Å². The molecule has 1 saturated heterocycles. The average Bonchev–Trinajstić information content (AvgIpc) is 3.10. The van der Waals surface area contributed by atoms with E-state index in [4.69, 9.17) is 11.6 Å². The summed E-state index contributed by atoms with van der Waals surface area (Å²) in [5.41, 5.74) is -0.241. The zero-order valence-corrected chi connectivity index (χ0v) is 18.2. The normalized spacial score (nSPS) is 19.5. The van der Waals surface area contributed by atoms with Crippen LogP contribution in [0, 0.1) is 0 Å². The van der Waals surface area contributed by atoms with Crippen LogP contribution in [0.1, 0.15) is 5.69 Å². The number of nitrogens with zero attached hydrogens (tertiary/aromatic N) is 3. The Bertz CT molecular complexity index is 935. The van der Waals surface area contributed by atoms with Gasteiger partial charge in [0.15, 0.2) is 10.8 Å². The van der Waals surface area contributed by atoms with E-state index >= 15 is 0 Å². The van der Waals surface area contributed by atoms with Gasteiger partial charge in [0.1, 0.15) is 24.7 Å². The highest BCUT2D eigenvalue weighted by Gasteiger charge is 2.53. The van der Waals surface area contributed by atoms with Gasteiger partial charge in [0.05, 0.1) is 6.04 Å². The van der Waals surface area contributed by atoms with Gasteiger partial charge in [0, 0.05) is 11.1 Å². The Morgan fingerprint density at radius 3 is 2.76 bits per heavy atom. The number of rotatable bonds is 9. The number of β-lactam (4-membered cyclic amide) rings is 1. The van der Waals surface area contributed by atoms with Gasteiger partial charge in [-0.2, -0.15) is 20.2 Å². The van der Waals surface area contributed by atoms with Crippen molar-refractivity contribution in [2.45, 2.75) is 12.1 Å². The quantitative estimate of drug-likeness (QED) is 0.138. The number of oxime groups is 1. The van der Waals surface area contributed by atoms with Crippen LogP contribution in [-0.2, 0) is 29.5 Å². The number of carbonyl (C=O) groups excluding carboxylic acids is 3. The summed E-state index contributed by atoms with van der Waals surface area (Å²) in [6.45, 7) is 0. The smallest absolute Gasteiger partial charge is 0.362 e. The summed E-state index contributed by atoms with van der Waals surface area (Å²) in [5.74, 6) is -2.46. The standard InChI is InChI=1S/C13H16ClN5O7S3/c1-26-18-9(6-4-28-13(15-6)16-8(20)3-14)11(21)17-10-7(5-27-2)19(12(10)22)29(23,24)25/h4,7,10H,3,5H2,1-2H3,(H,17,21)(H,15,16,20)(H,23,24,25)/t7-,10+/m0/s1. The Hall–Kier alpha value is -1.94. The van der Waals surface area contributed by atoms with Gasteiger partial charge in [-0.25, -0.2) is 9.29 Å². The molecule has 0 radical (unpaired) electrons. The Labute approximate surface area is 178 Å². The van der Waals surface area contributed by atoms with E-state index < -0.39 is 40.1 Å². The number of anilines is 1. The van der Waals surface area contributed by atoms with Crippen molar-refractivity contribution in [3.05, 3.63) is 11.1 Å². The molecule has 160 valence electrons. The SMILES string of the molecule is CON=C(C(=O)N[C@H]1C(=O)N(S(=O)(=O)O)[C@H]1CSC)c1csc(NC(=O)CCl)n1. The number of amides is 3. The van der Waals surface area contributed by atoms with Crippen LogP contribution in [-0.4, -0.2) is 82.8 Å². The van der Waals surface area contributed by atoms with E-state index in [-0.39, 0.29) is 28.2 Å². The molecule has 1 fully saturated rings. The number of nitrogens with one attached hydrogen (secondary N) is 2. The van der Waals surface area contributed by atoms with Crippen molar-refractivity contribution in [1.82, 2.24) is 14.6 Å². The lowest BCUT2D eigenvalue weighted by Gasteiger charge is -2.43. The van der Waals surface area contributed by atoms with Crippen molar-refractivity contribution >= 4 is 73.6 Å². The molecule has 0 aromatic carbocycles. The summed E-state index contributed by atoms with van der Waals surface area (Å²) < 4.78 is 32.2. The van der Waals surface area contributed by atoms with Gasteiger partial charge in [0.25, 0.3) is 11.8 Å². The van der Waals surface area contributed by atoms with Crippen molar-refractivity contribution in [3.63, 3.8) is 0 Å². The van der Waals surface area contributed by atoms with Crippen LogP contribution in [0.3, 0.4) is 0 Å². The molecular weight excluding hydrogens is 470 g/mol. The van der Waals surface area contributed by atoms with Gasteiger partial charge in [-0.05, 0) is 6.26 Å². The third-order valence-corrected chi connectivity index (χ3v) is 6.18. The first kappa shape index (κ1) is 23.3. The molecule has 1 aliphatic heterocycles. The van der Waals surface area contributed by atoms with Crippen LogP contribution in [0.4, 0.5) is 5.13 Å². The van der Waals surface area contributed by atoms with Crippen LogP contribution >= 0.6 is 34.7 Å². The van der Waals surface area contributed by atoms with Crippen LogP contribution in [0.25, 0.3) is 0 Å². The molecule has 1 aromatic rings. The van der Waals surface area contributed by atoms with Crippen molar-refractivity contribution in [3.8, 4) is 0 Å². The number of hydrogen-bond donors (Lipinski definition) is 3. The topological polar surface area (TPSA) is 167 Å². The summed E-state index contributed by atoms with van der Waals surface area (Å²) in [6, 6.07) is -2.15.